The summed E-state index contributed by atoms with van der Waals surface area (Å²) in [4.78, 5) is 12.4. The second kappa shape index (κ2) is 11.5. The van der Waals surface area contributed by atoms with Crippen LogP contribution in [0.15, 0.2) is 36.4 Å². The number of hydrogen-bond donors (Lipinski definition) is 1. The first-order chi connectivity index (χ1) is 15.2. The van der Waals surface area contributed by atoms with Crippen LogP contribution in [0.2, 0.25) is 0 Å². The molecule has 0 aliphatic carbocycles. The van der Waals surface area contributed by atoms with Crippen molar-refractivity contribution in [1.29, 1.82) is 0 Å². The molecule has 0 spiro atoms. The number of anilines is 1. The predicted octanol–water partition coefficient (Wildman–Crippen LogP) is 2.24. The molecule has 0 saturated carbocycles. The molecule has 2 aromatic rings. The van der Waals surface area contributed by atoms with Gasteiger partial charge in [-0.1, -0.05) is 6.07 Å². The van der Waals surface area contributed by atoms with Gasteiger partial charge in [-0.05, 0) is 42.7 Å². The van der Waals surface area contributed by atoms with Crippen LogP contribution in [0.3, 0.4) is 0 Å². The first-order valence-corrected chi connectivity index (χ1v) is 11.8. The zero-order chi connectivity index (χ0) is 23.7. The van der Waals surface area contributed by atoms with Crippen molar-refractivity contribution in [2.45, 2.75) is 12.8 Å². The lowest BCUT2D eigenvalue weighted by atomic mass is 10.1. The molecular formula is C22H30N2O7S. The predicted molar refractivity (Wildman–Crippen MR) is 123 cm³/mol. The van der Waals surface area contributed by atoms with Crippen molar-refractivity contribution < 1.29 is 32.2 Å². The van der Waals surface area contributed by atoms with Crippen LogP contribution in [-0.4, -0.2) is 62.1 Å². The Labute approximate surface area is 189 Å². The van der Waals surface area contributed by atoms with Crippen LogP contribution >= 0.6 is 0 Å². The minimum Gasteiger partial charge on any atom is -0.493 e. The van der Waals surface area contributed by atoms with Gasteiger partial charge in [0, 0.05) is 12.6 Å². The van der Waals surface area contributed by atoms with E-state index in [1.165, 1.54) is 20.3 Å². The van der Waals surface area contributed by atoms with E-state index >= 15 is 0 Å². The van der Waals surface area contributed by atoms with Crippen molar-refractivity contribution in [2.24, 2.45) is 0 Å². The van der Waals surface area contributed by atoms with E-state index in [0.717, 1.165) is 16.1 Å². The molecule has 0 radical (unpaired) electrons. The summed E-state index contributed by atoms with van der Waals surface area (Å²) in [6, 6.07) is 10.3. The van der Waals surface area contributed by atoms with Gasteiger partial charge in [0.2, 0.25) is 15.9 Å². The Kier molecular flexibility index (Phi) is 9.01. The third-order valence-electron chi connectivity index (χ3n) is 4.76. The topological polar surface area (TPSA) is 103 Å². The van der Waals surface area contributed by atoms with Gasteiger partial charge < -0.3 is 24.3 Å². The Bertz CT molecular complexity index is 1020. The summed E-state index contributed by atoms with van der Waals surface area (Å²) in [6.45, 7) is 0.0569. The number of methoxy groups -OCH3 is 4. The Hall–Kier alpha value is -3.14. The molecule has 0 heterocycles. The number of rotatable bonds is 12. The SMILES string of the molecule is COc1ccc(CCCNC(=O)CN(c2ccc(OC)c(OC)c2)S(C)(=O)=O)cc1OC. The van der Waals surface area contributed by atoms with Crippen LogP contribution < -0.4 is 28.6 Å². The van der Waals surface area contributed by atoms with Crippen LogP contribution in [0.5, 0.6) is 23.0 Å². The Morgan fingerprint density at radius 2 is 1.44 bits per heavy atom. The highest BCUT2D eigenvalue weighted by atomic mass is 32.2. The third kappa shape index (κ3) is 6.68. The maximum Gasteiger partial charge on any atom is 0.240 e. The maximum absolute atomic E-state index is 12.4. The fraction of sp³-hybridized carbons (Fsp3) is 0.409. The van der Waals surface area contributed by atoms with E-state index in [1.54, 1.807) is 26.4 Å². The Morgan fingerprint density at radius 1 is 0.875 bits per heavy atom. The summed E-state index contributed by atoms with van der Waals surface area (Å²) in [7, 11) is 2.40. The van der Waals surface area contributed by atoms with Crippen molar-refractivity contribution in [2.75, 3.05) is 52.1 Å². The molecule has 1 N–H and O–H groups in total. The number of amides is 1. The molecular weight excluding hydrogens is 436 g/mol. The first kappa shape index (κ1) is 25.1. The van der Waals surface area contributed by atoms with E-state index in [1.807, 2.05) is 18.2 Å². The van der Waals surface area contributed by atoms with E-state index in [2.05, 4.69) is 5.32 Å². The van der Waals surface area contributed by atoms with Gasteiger partial charge in [0.1, 0.15) is 6.54 Å². The lowest BCUT2D eigenvalue weighted by molar-refractivity contribution is -0.119. The highest BCUT2D eigenvalue weighted by Crippen LogP contribution is 2.32. The number of carbonyl (C=O) groups is 1. The van der Waals surface area contributed by atoms with E-state index in [-0.39, 0.29) is 6.54 Å². The number of nitrogens with zero attached hydrogens (tertiary/aromatic N) is 1. The van der Waals surface area contributed by atoms with Gasteiger partial charge in [0.05, 0.1) is 40.4 Å². The molecule has 0 unspecified atom stereocenters. The molecule has 0 fully saturated rings. The summed E-state index contributed by atoms with van der Waals surface area (Å²) in [5.41, 5.74) is 1.35. The average molecular weight is 467 g/mol. The molecule has 1 amide bonds. The van der Waals surface area contributed by atoms with Crippen LogP contribution in [0, 0.1) is 0 Å². The quantitative estimate of drug-likeness (QED) is 0.479. The minimum atomic E-state index is -3.70. The molecule has 32 heavy (non-hydrogen) atoms. The van der Waals surface area contributed by atoms with E-state index < -0.39 is 15.9 Å². The van der Waals surface area contributed by atoms with Crippen molar-refractivity contribution in [3.63, 3.8) is 0 Å². The zero-order valence-corrected chi connectivity index (χ0v) is 19.8. The molecule has 0 atom stereocenters. The second-order valence-corrected chi connectivity index (χ2v) is 8.86. The summed E-state index contributed by atoms with van der Waals surface area (Å²) in [5, 5.41) is 2.77. The van der Waals surface area contributed by atoms with E-state index in [4.69, 9.17) is 18.9 Å². The van der Waals surface area contributed by atoms with E-state index in [0.29, 0.717) is 48.1 Å². The molecule has 0 aromatic heterocycles. The lowest BCUT2D eigenvalue weighted by Gasteiger charge is -2.23. The number of aryl methyl sites for hydroxylation is 1. The van der Waals surface area contributed by atoms with Crippen molar-refractivity contribution in [1.82, 2.24) is 5.32 Å². The van der Waals surface area contributed by atoms with Gasteiger partial charge in [-0.2, -0.15) is 0 Å². The molecule has 2 aromatic carbocycles. The van der Waals surface area contributed by atoms with Gasteiger partial charge in [-0.3, -0.25) is 9.10 Å². The fourth-order valence-electron chi connectivity index (χ4n) is 3.12. The van der Waals surface area contributed by atoms with Gasteiger partial charge in [-0.25, -0.2) is 8.42 Å². The maximum atomic E-state index is 12.4. The molecule has 0 saturated heterocycles. The number of ether oxygens (including phenoxy) is 4. The van der Waals surface area contributed by atoms with Crippen molar-refractivity contribution in [3.05, 3.63) is 42.0 Å². The Morgan fingerprint density at radius 3 is 2.00 bits per heavy atom. The molecule has 2 rings (SSSR count). The Balaban J connectivity index is 1.97. The van der Waals surface area contributed by atoms with Crippen LogP contribution in [-0.2, 0) is 21.2 Å². The number of nitrogens with one attached hydrogen (secondary N) is 1. The normalized spacial score (nSPS) is 10.9. The summed E-state index contributed by atoms with van der Waals surface area (Å²) in [5.74, 6) is 1.73. The largest absolute Gasteiger partial charge is 0.493 e. The number of sulfonamides is 1. The minimum absolute atomic E-state index is 0.311. The average Bonchev–Trinajstić information content (AvgIpc) is 2.78. The second-order valence-electron chi connectivity index (χ2n) is 6.95. The van der Waals surface area contributed by atoms with Gasteiger partial charge >= 0.3 is 0 Å². The van der Waals surface area contributed by atoms with Gasteiger partial charge in [0.15, 0.2) is 23.0 Å². The first-order valence-electron chi connectivity index (χ1n) is 9.90. The lowest BCUT2D eigenvalue weighted by Crippen LogP contribution is -2.40. The standard InChI is InChI=1S/C22H30N2O7S/c1-28-18-10-8-16(13-20(18)30-3)7-6-12-23-22(25)15-24(32(5,26)27)17-9-11-19(29-2)21(14-17)31-4/h8-11,13-14H,6-7,12,15H2,1-5H3,(H,23,25). The van der Waals surface area contributed by atoms with Crippen molar-refractivity contribution in [3.8, 4) is 23.0 Å². The fourth-order valence-corrected chi connectivity index (χ4v) is 3.97. The molecule has 9 nitrogen and oxygen atoms in total. The van der Waals surface area contributed by atoms with Crippen LogP contribution in [0.4, 0.5) is 5.69 Å². The zero-order valence-electron chi connectivity index (χ0n) is 19.0. The number of benzene rings is 2. The molecule has 176 valence electrons. The summed E-state index contributed by atoms with van der Waals surface area (Å²) in [6.07, 6.45) is 2.44. The smallest absolute Gasteiger partial charge is 0.240 e. The number of hydrogen-bond acceptors (Lipinski definition) is 7. The molecule has 0 aliphatic heterocycles. The molecule has 10 heteroatoms. The third-order valence-corrected chi connectivity index (χ3v) is 5.90. The molecule has 0 aliphatic rings. The van der Waals surface area contributed by atoms with E-state index in [9.17, 15) is 13.2 Å². The van der Waals surface area contributed by atoms with Crippen molar-refractivity contribution >= 4 is 21.6 Å². The highest BCUT2D eigenvalue weighted by molar-refractivity contribution is 7.92. The summed E-state index contributed by atoms with van der Waals surface area (Å²) >= 11 is 0. The monoisotopic (exact) mass is 466 g/mol. The summed E-state index contributed by atoms with van der Waals surface area (Å²) < 4.78 is 46.6. The van der Waals surface area contributed by atoms with Gasteiger partial charge in [-0.15, -0.1) is 0 Å². The van der Waals surface area contributed by atoms with Crippen LogP contribution in [0.25, 0.3) is 0 Å². The van der Waals surface area contributed by atoms with Crippen LogP contribution in [0.1, 0.15) is 12.0 Å². The van der Waals surface area contributed by atoms with Gasteiger partial charge in [0.25, 0.3) is 0 Å². The highest BCUT2D eigenvalue weighted by Gasteiger charge is 2.22. The number of carbonyl (C=O) groups excluding carboxylic acids is 1. The molecule has 0 bridgehead atoms.